The standard InChI is InChI=1S/C16H22FN/c1-9-4-13(5-10(2)15(9)17)16(18-3)14-7-11-6-12(11)8-14/h4-5,11-12,14,16,18H,6-8H2,1-3H3. The van der Waals surface area contributed by atoms with Gasteiger partial charge in [-0.1, -0.05) is 12.1 Å². The summed E-state index contributed by atoms with van der Waals surface area (Å²) in [5.41, 5.74) is 2.81. The lowest BCUT2D eigenvalue weighted by atomic mass is 9.88. The van der Waals surface area contributed by atoms with Gasteiger partial charge in [-0.05, 0) is 74.6 Å². The normalized spacial score (nSPS) is 31.2. The molecule has 2 aliphatic carbocycles. The molecule has 1 aromatic rings. The summed E-state index contributed by atoms with van der Waals surface area (Å²) in [4.78, 5) is 0. The molecule has 0 heterocycles. The Morgan fingerprint density at radius 3 is 2.17 bits per heavy atom. The van der Waals surface area contributed by atoms with Gasteiger partial charge in [0.05, 0.1) is 0 Å². The van der Waals surface area contributed by atoms with Crippen LogP contribution in [-0.4, -0.2) is 7.05 Å². The van der Waals surface area contributed by atoms with E-state index in [9.17, 15) is 4.39 Å². The SMILES string of the molecule is CNC(c1cc(C)c(F)c(C)c1)C1CC2CC2C1. The third-order valence-electron chi connectivity index (χ3n) is 4.88. The van der Waals surface area contributed by atoms with E-state index in [-0.39, 0.29) is 5.82 Å². The molecule has 0 radical (unpaired) electrons. The minimum absolute atomic E-state index is 0.0529. The summed E-state index contributed by atoms with van der Waals surface area (Å²) < 4.78 is 13.7. The molecular weight excluding hydrogens is 225 g/mol. The first-order valence-electron chi connectivity index (χ1n) is 7.04. The van der Waals surface area contributed by atoms with Crippen molar-refractivity contribution < 1.29 is 4.39 Å². The maximum absolute atomic E-state index is 13.7. The molecular formula is C16H22FN. The number of hydrogen-bond acceptors (Lipinski definition) is 1. The van der Waals surface area contributed by atoms with E-state index in [1.165, 1.54) is 24.8 Å². The number of nitrogens with one attached hydrogen (secondary N) is 1. The zero-order valence-electron chi connectivity index (χ0n) is 11.5. The highest BCUT2D eigenvalue weighted by Gasteiger charge is 2.47. The summed E-state index contributed by atoms with van der Waals surface area (Å²) in [6.45, 7) is 3.73. The van der Waals surface area contributed by atoms with Gasteiger partial charge < -0.3 is 5.32 Å². The van der Waals surface area contributed by atoms with E-state index >= 15 is 0 Å². The molecule has 1 nitrogen and oxygen atoms in total. The third kappa shape index (κ3) is 1.97. The van der Waals surface area contributed by atoms with Crippen molar-refractivity contribution in [3.8, 4) is 0 Å². The van der Waals surface area contributed by atoms with Crippen LogP contribution in [0.15, 0.2) is 12.1 Å². The highest BCUT2D eigenvalue weighted by atomic mass is 19.1. The lowest BCUT2D eigenvalue weighted by molar-refractivity contribution is 0.359. The maximum Gasteiger partial charge on any atom is 0.129 e. The van der Waals surface area contributed by atoms with Gasteiger partial charge in [-0.25, -0.2) is 4.39 Å². The second-order valence-electron chi connectivity index (χ2n) is 6.22. The molecule has 0 bridgehead atoms. The molecule has 3 unspecified atom stereocenters. The van der Waals surface area contributed by atoms with Crippen LogP contribution in [-0.2, 0) is 0 Å². The fraction of sp³-hybridized carbons (Fsp3) is 0.625. The summed E-state index contributed by atoms with van der Waals surface area (Å²) in [5.74, 6) is 2.67. The molecule has 1 N–H and O–H groups in total. The Kier molecular flexibility index (Phi) is 2.93. The molecule has 3 atom stereocenters. The van der Waals surface area contributed by atoms with Gasteiger partial charge in [-0.2, -0.15) is 0 Å². The zero-order chi connectivity index (χ0) is 12.9. The van der Waals surface area contributed by atoms with Gasteiger partial charge in [0.25, 0.3) is 0 Å². The number of fused-ring (bicyclic) bond motifs is 1. The Morgan fingerprint density at radius 1 is 1.11 bits per heavy atom. The molecule has 0 spiro atoms. The van der Waals surface area contributed by atoms with Gasteiger partial charge in [-0.15, -0.1) is 0 Å². The molecule has 2 aliphatic rings. The van der Waals surface area contributed by atoms with Crippen LogP contribution >= 0.6 is 0 Å². The summed E-state index contributed by atoms with van der Waals surface area (Å²) >= 11 is 0. The molecule has 2 fully saturated rings. The first kappa shape index (κ1) is 12.2. The van der Waals surface area contributed by atoms with Gasteiger partial charge in [0.2, 0.25) is 0 Å². The molecule has 3 rings (SSSR count). The number of rotatable bonds is 3. The highest BCUT2D eigenvalue weighted by Crippen LogP contribution is 2.57. The van der Waals surface area contributed by atoms with Crippen molar-refractivity contribution in [3.05, 3.63) is 34.6 Å². The third-order valence-corrected chi connectivity index (χ3v) is 4.88. The Morgan fingerprint density at radius 2 is 1.67 bits per heavy atom. The summed E-state index contributed by atoms with van der Waals surface area (Å²) in [7, 11) is 2.03. The first-order valence-corrected chi connectivity index (χ1v) is 7.04. The molecule has 0 aliphatic heterocycles. The second-order valence-corrected chi connectivity index (χ2v) is 6.22. The molecule has 1 aromatic carbocycles. The fourth-order valence-corrected chi connectivity index (χ4v) is 3.87. The van der Waals surface area contributed by atoms with Crippen molar-refractivity contribution in [2.45, 2.75) is 39.2 Å². The summed E-state index contributed by atoms with van der Waals surface area (Å²) in [6.07, 6.45) is 4.16. The average molecular weight is 247 g/mol. The van der Waals surface area contributed by atoms with Crippen LogP contribution in [0.1, 0.15) is 42.0 Å². The predicted octanol–water partition coefficient (Wildman–Crippen LogP) is 3.75. The van der Waals surface area contributed by atoms with Gasteiger partial charge in [0, 0.05) is 6.04 Å². The monoisotopic (exact) mass is 247 g/mol. The molecule has 0 amide bonds. The summed E-state index contributed by atoms with van der Waals surface area (Å²) in [5, 5.41) is 3.45. The van der Waals surface area contributed by atoms with Crippen molar-refractivity contribution >= 4 is 0 Å². The first-order chi connectivity index (χ1) is 8.60. The van der Waals surface area contributed by atoms with Crippen molar-refractivity contribution in [2.75, 3.05) is 7.05 Å². The van der Waals surface area contributed by atoms with Crippen LogP contribution in [0.2, 0.25) is 0 Å². The van der Waals surface area contributed by atoms with Crippen molar-refractivity contribution in [3.63, 3.8) is 0 Å². The Hall–Kier alpha value is -0.890. The van der Waals surface area contributed by atoms with Crippen LogP contribution < -0.4 is 5.32 Å². The number of halogens is 1. The fourth-order valence-electron chi connectivity index (χ4n) is 3.87. The van der Waals surface area contributed by atoms with Gasteiger partial charge in [0.15, 0.2) is 0 Å². The molecule has 0 saturated heterocycles. The van der Waals surface area contributed by atoms with Crippen molar-refractivity contribution in [1.82, 2.24) is 5.32 Å². The zero-order valence-corrected chi connectivity index (χ0v) is 11.5. The van der Waals surface area contributed by atoms with E-state index in [4.69, 9.17) is 0 Å². The largest absolute Gasteiger partial charge is 0.313 e. The average Bonchev–Trinajstić information content (AvgIpc) is 2.94. The van der Waals surface area contributed by atoms with Gasteiger partial charge >= 0.3 is 0 Å². The molecule has 2 saturated carbocycles. The van der Waals surface area contributed by atoms with E-state index in [2.05, 4.69) is 5.32 Å². The quantitative estimate of drug-likeness (QED) is 0.857. The van der Waals surface area contributed by atoms with E-state index in [0.717, 1.165) is 28.9 Å². The lowest BCUT2D eigenvalue weighted by Gasteiger charge is -2.25. The Bertz CT molecular complexity index is 435. The van der Waals surface area contributed by atoms with Crippen LogP contribution in [0, 0.1) is 37.4 Å². The molecule has 0 aromatic heterocycles. The number of aryl methyl sites for hydroxylation is 2. The van der Waals surface area contributed by atoms with Gasteiger partial charge in [-0.3, -0.25) is 0 Å². The second kappa shape index (κ2) is 4.34. The molecule has 18 heavy (non-hydrogen) atoms. The van der Waals surface area contributed by atoms with Crippen LogP contribution in [0.5, 0.6) is 0 Å². The minimum Gasteiger partial charge on any atom is -0.313 e. The van der Waals surface area contributed by atoms with Crippen LogP contribution in [0.4, 0.5) is 4.39 Å². The van der Waals surface area contributed by atoms with Crippen molar-refractivity contribution in [2.24, 2.45) is 17.8 Å². The number of benzene rings is 1. The van der Waals surface area contributed by atoms with E-state index < -0.39 is 0 Å². The van der Waals surface area contributed by atoms with Crippen molar-refractivity contribution in [1.29, 1.82) is 0 Å². The Balaban J connectivity index is 1.86. The molecule has 98 valence electrons. The minimum atomic E-state index is -0.0529. The van der Waals surface area contributed by atoms with E-state index in [1.54, 1.807) is 0 Å². The van der Waals surface area contributed by atoms with Crippen LogP contribution in [0.25, 0.3) is 0 Å². The van der Waals surface area contributed by atoms with E-state index in [0.29, 0.717) is 6.04 Å². The molecule has 2 heteroatoms. The Labute approximate surface area is 109 Å². The highest BCUT2D eigenvalue weighted by molar-refractivity contribution is 5.33. The topological polar surface area (TPSA) is 12.0 Å². The maximum atomic E-state index is 13.7. The number of hydrogen-bond donors (Lipinski definition) is 1. The predicted molar refractivity (Wildman–Crippen MR) is 72.0 cm³/mol. The van der Waals surface area contributed by atoms with Crippen LogP contribution in [0.3, 0.4) is 0 Å². The smallest absolute Gasteiger partial charge is 0.129 e. The van der Waals surface area contributed by atoms with Gasteiger partial charge in [0.1, 0.15) is 5.82 Å². The lowest BCUT2D eigenvalue weighted by Crippen LogP contribution is -2.24. The van der Waals surface area contributed by atoms with E-state index in [1.807, 2.05) is 33.0 Å². The summed E-state index contributed by atoms with van der Waals surface area (Å²) in [6, 6.07) is 4.44.